The van der Waals surface area contributed by atoms with Crippen LogP contribution in [0.15, 0.2) is 53.7 Å². The summed E-state index contributed by atoms with van der Waals surface area (Å²) in [7, 11) is -3.75. The Bertz CT molecular complexity index is 1180. The van der Waals surface area contributed by atoms with Gasteiger partial charge in [0.05, 0.1) is 11.9 Å². The lowest BCUT2D eigenvalue weighted by atomic mass is 10.2. The molecule has 7 nitrogen and oxygen atoms in total. The third kappa shape index (κ3) is 4.60. The van der Waals surface area contributed by atoms with E-state index >= 15 is 0 Å². The van der Waals surface area contributed by atoms with Crippen molar-refractivity contribution in [1.82, 2.24) is 24.2 Å². The molecule has 0 N–H and O–H groups in total. The minimum Gasteiger partial charge on any atom is -0.296 e. The molecule has 0 atom stereocenters. The topological polar surface area (TPSA) is 79.3 Å². The van der Waals surface area contributed by atoms with E-state index in [0.29, 0.717) is 42.4 Å². The van der Waals surface area contributed by atoms with E-state index in [2.05, 4.69) is 15.0 Å². The Morgan fingerprint density at radius 3 is 2.42 bits per heavy atom. The second kappa shape index (κ2) is 8.74. The van der Waals surface area contributed by atoms with Crippen LogP contribution in [-0.4, -0.2) is 58.8 Å². The lowest BCUT2D eigenvalue weighted by Crippen LogP contribution is -2.48. The summed E-state index contributed by atoms with van der Waals surface area (Å²) in [6, 6.07) is 9.15. The van der Waals surface area contributed by atoms with Crippen molar-refractivity contribution in [1.29, 1.82) is 0 Å². The van der Waals surface area contributed by atoms with Crippen LogP contribution in [0.5, 0.6) is 0 Å². The Morgan fingerprint density at radius 2 is 1.77 bits per heavy atom. The number of halogens is 2. The maximum atomic E-state index is 13.4. The molecule has 1 aliphatic rings. The van der Waals surface area contributed by atoms with Crippen molar-refractivity contribution in [2.75, 3.05) is 26.2 Å². The first-order chi connectivity index (χ1) is 14.8. The van der Waals surface area contributed by atoms with Gasteiger partial charge in [-0.1, -0.05) is 12.1 Å². The van der Waals surface area contributed by atoms with Gasteiger partial charge in [0.15, 0.2) is 17.5 Å². The standard InChI is InChI=1S/C21H21F2N5O2S/c1-15-20(13-25-21(26-15)19-4-2-3-7-24-19)31(29,30)28-10-8-27(9-11-28)14-16-5-6-17(22)18(23)12-16/h2-7,12-13H,8-11,14H2,1H3. The van der Waals surface area contributed by atoms with Gasteiger partial charge < -0.3 is 0 Å². The van der Waals surface area contributed by atoms with Crippen LogP contribution in [0.3, 0.4) is 0 Å². The molecular weight excluding hydrogens is 424 g/mol. The van der Waals surface area contributed by atoms with Crippen LogP contribution in [0.25, 0.3) is 11.5 Å². The van der Waals surface area contributed by atoms with Crippen molar-refractivity contribution >= 4 is 10.0 Å². The summed E-state index contributed by atoms with van der Waals surface area (Å²) in [5.74, 6) is -1.40. The first-order valence-electron chi connectivity index (χ1n) is 9.76. The average Bonchev–Trinajstić information content (AvgIpc) is 2.77. The summed E-state index contributed by atoms with van der Waals surface area (Å²) >= 11 is 0. The fourth-order valence-corrected chi connectivity index (χ4v) is 5.02. The van der Waals surface area contributed by atoms with Crippen molar-refractivity contribution < 1.29 is 17.2 Å². The maximum Gasteiger partial charge on any atom is 0.246 e. The predicted octanol–water partition coefficient (Wildman–Crippen LogP) is 2.63. The SMILES string of the molecule is Cc1nc(-c2ccccn2)ncc1S(=O)(=O)N1CCN(Cc2ccc(F)c(F)c2)CC1. The quantitative estimate of drug-likeness (QED) is 0.601. The van der Waals surface area contributed by atoms with Crippen LogP contribution in [0.2, 0.25) is 0 Å². The fourth-order valence-electron chi connectivity index (χ4n) is 3.49. The molecule has 1 aliphatic heterocycles. The number of sulfonamides is 1. The summed E-state index contributed by atoms with van der Waals surface area (Å²) in [5.41, 5.74) is 1.57. The molecule has 2 aromatic heterocycles. The van der Waals surface area contributed by atoms with E-state index < -0.39 is 21.7 Å². The summed E-state index contributed by atoms with van der Waals surface area (Å²) in [6.45, 7) is 3.58. The van der Waals surface area contributed by atoms with Crippen LogP contribution in [0, 0.1) is 18.6 Å². The van der Waals surface area contributed by atoms with E-state index in [1.807, 2.05) is 11.0 Å². The average molecular weight is 445 g/mol. The summed E-state index contributed by atoms with van der Waals surface area (Å²) in [4.78, 5) is 14.8. The van der Waals surface area contributed by atoms with E-state index in [-0.39, 0.29) is 18.0 Å². The van der Waals surface area contributed by atoms with E-state index in [9.17, 15) is 17.2 Å². The molecule has 1 saturated heterocycles. The molecule has 3 heterocycles. The van der Waals surface area contributed by atoms with Gasteiger partial charge in [-0.25, -0.2) is 27.2 Å². The number of piperazine rings is 1. The van der Waals surface area contributed by atoms with E-state index in [1.165, 1.54) is 22.6 Å². The molecule has 0 bridgehead atoms. The van der Waals surface area contributed by atoms with Crippen molar-refractivity contribution in [2.24, 2.45) is 0 Å². The number of aromatic nitrogens is 3. The van der Waals surface area contributed by atoms with Crippen LogP contribution in [-0.2, 0) is 16.6 Å². The van der Waals surface area contributed by atoms with E-state index in [4.69, 9.17) is 0 Å². The van der Waals surface area contributed by atoms with Crippen LogP contribution in [0.4, 0.5) is 8.78 Å². The van der Waals surface area contributed by atoms with Gasteiger partial charge >= 0.3 is 0 Å². The Morgan fingerprint density at radius 1 is 1.00 bits per heavy atom. The van der Waals surface area contributed by atoms with Gasteiger partial charge in [-0.2, -0.15) is 4.31 Å². The molecule has 0 aliphatic carbocycles. The molecule has 0 radical (unpaired) electrons. The maximum absolute atomic E-state index is 13.4. The molecule has 0 amide bonds. The predicted molar refractivity (Wildman–Crippen MR) is 110 cm³/mol. The van der Waals surface area contributed by atoms with Gasteiger partial charge in [0.25, 0.3) is 0 Å². The Balaban J connectivity index is 1.44. The van der Waals surface area contributed by atoms with E-state index in [1.54, 1.807) is 25.3 Å². The Hall–Kier alpha value is -2.82. The third-order valence-electron chi connectivity index (χ3n) is 5.17. The van der Waals surface area contributed by atoms with Gasteiger partial charge in [0.1, 0.15) is 10.6 Å². The lowest BCUT2D eigenvalue weighted by Gasteiger charge is -2.34. The molecule has 31 heavy (non-hydrogen) atoms. The number of hydrogen-bond donors (Lipinski definition) is 0. The van der Waals surface area contributed by atoms with Gasteiger partial charge in [0.2, 0.25) is 10.0 Å². The van der Waals surface area contributed by atoms with Gasteiger partial charge in [-0.05, 0) is 36.8 Å². The highest BCUT2D eigenvalue weighted by Crippen LogP contribution is 2.22. The minimum atomic E-state index is -3.75. The molecule has 4 rings (SSSR count). The molecule has 1 fully saturated rings. The minimum absolute atomic E-state index is 0.0706. The van der Waals surface area contributed by atoms with Crippen molar-refractivity contribution in [3.8, 4) is 11.5 Å². The van der Waals surface area contributed by atoms with Crippen LogP contribution >= 0.6 is 0 Å². The van der Waals surface area contributed by atoms with Crippen molar-refractivity contribution in [2.45, 2.75) is 18.4 Å². The number of benzene rings is 1. The highest BCUT2D eigenvalue weighted by atomic mass is 32.2. The zero-order chi connectivity index (χ0) is 22.0. The van der Waals surface area contributed by atoms with Crippen molar-refractivity contribution in [3.05, 3.63) is 71.7 Å². The molecule has 1 aromatic carbocycles. The third-order valence-corrected chi connectivity index (χ3v) is 7.17. The summed E-state index contributed by atoms with van der Waals surface area (Å²) in [5, 5.41) is 0. The molecule has 0 spiro atoms. The molecule has 3 aromatic rings. The Labute approximate surface area is 179 Å². The number of pyridine rings is 1. The number of hydrogen-bond acceptors (Lipinski definition) is 6. The fraction of sp³-hybridized carbons (Fsp3) is 0.286. The second-order valence-corrected chi connectivity index (χ2v) is 9.19. The van der Waals surface area contributed by atoms with Gasteiger partial charge in [-0.15, -0.1) is 0 Å². The summed E-state index contributed by atoms with van der Waals surface area (Å²) in [6.07, 6.45) is 2.95. The van der Waals surface area contributed by atoms with Gasteiger partial charge in [0, 0.05) is 38.9 Å². The smallest absolute Gasteiger partial charge is 0.246 e. The monoisotopic (exact) mass is 445 g/mol. The largest absolute Gasteiger partial charge is 0.296 e. The second-order valence-electron chi connectivity index (χ2n) is 7.29. The number of nitrogens with zero attached hydrogens (tertiary/aromatic N) is 5. The highest BCUT2D eigenvalue weighted by molar-refractivity contribution is 7.89. The lowest BCUT2D eigenvalue weighted by molar-refractivity contribution is 0.181. The van der Waals surface area contributed by atoms with Crippen molar-refractivity contribution in [3.63, 3.8) is 0 Å². The Kier molecular flexibility index (Phi) is 6.03. The van der Waals surface area contributed by atoms with E-state index in [0.717, 1.165) is 6.07 Å². The molecule has 0 unspecified atom stereocenters. The first kappa shape index (κ1) is 21.4. The van der Waals surface area contributed by atoms with Crippen LogP contribution < -0.4 is 0 Å². The zero-order valence-corrected chi connectivity index (χ0v) is 17.7. The molecule has 162 valence electrons. The molecular formula is C21H21F2N5O2S. The highest BCUT2D eigenvalue weighted by Gasteiger charge is 2.30. The summed E-state index contributed by atoms with van der Waals surface area (Å²) < 4.78 is 54.2. The number of aryl methyl sites for hydroxylation is 1. The van der Waals surface area contributed by atoms with Crippen LogP contribution in [0.1, 0.15) is 11.3 Å². The first-order valence-corrected chi connectivity index (χ1v) is 11.2. The number of rotatable bonds is 5. The van der Waals surface area contributed by atoms with Gasteiger partial charge in [-0.3, -0.25) is 9.88 Å². The normalized spacial score (nSPS) is 15.8. The molecule has 0 saturated carbocycles. The zero-order valence-electron chi connectivity index (χ0n) is 16.9. The molecule has 10 heteroatoms.